The van der Waals surface area contributed by atoms with Crippen LogP contribution < -0.4 is 0 Å². The number of hydrogen-bond acceptors (Lipinski definition) is 4. The molecule has 0 N–H and O–H groups in total. The summed E-state index contributed by atoms with van der Waals surface area (Å²) in [4.78, 5) is 4.53. The molecule has 4 heteroatoms. The number of oxazole rings is 1. The van der Waals surface area contributed by atoms with Gasteiger partial charge in [0.1, 0.15) is 12.0 Å². The lowest BCUT2D eigenvalue weighted by molar-refractivity contribution is -0.289. The molecule has 0 radical (unpaired) electrons. The van der Waals surface area contributed by atoms with Gasteiger partial charge >= 0.3 is 0 Å². The lowest BCUT2D eigenvalue weighted by Gasteiger charge is -2.40. The molecule has 112 valence electrons. The van der Waals surface area contributed by atoms with E-state index in [1.54, 1.807) is 6.26 Å². The molecular weight excluding hydrogens is 266 g/mol. The van der Waals surface area contributed by atoms with Gasteiger partial charge in [0.25, 0.3) is 0 Å². The van der Waals surface area contributed by atoms with Crippen molar-refractivity contribution in [3.63, 3.8) is 0 Å². The van der Waals surface area contributed by atoms with E-state index in [-0.39, 0.29) is 5.41 Å². The first kappa shape index (κ1) is 14.3. The number of ether oxygens (including phenoxy) is 2. The first-order chi connectivity index (χ1) is 9.96. The number of nitrogens with zero attached hydrogens (tertiary/aromatic N) is 1. The molecule has 1 aromatic heterocycles. The summed E-state index contributed by atoms with van der Waals surface area (Å²) in [5.74, 6) is -0.0232. The van der Waals surface area contributed by atoms with E-state index >= 15 is 0 Å². The molecule has 1 aliphatic heterocycles. The molecule has 2 heterocycles. The van der Waals surface area contributed by atoms with Crippen LogP contribution in [0.5, 0.6) is 0 Å². The third kappa shape index (κ3) is 3.34. The topological polar surface area (TPSA) is 44.5 Å². The molecule has 0 bridgehead atoms. The average molecular weight is 287 g/mol. The highest BCUT2D eigenvalue weighted by Gasteiger charge is 2.38. The van der Waals surface area contributed by atoms with Gasteiger partial charge in [-0.25, -0.2) is 4.98 Å². The Morgan fingerprint density at radius 3 is 2.38 bits per heavy atom. The Bertz CT molecular complexity index is 594. The van der Waals surface area contributed by atoms with Crippen LogP contribution in [0.25, 0.3) is 11.3 Å². The van der Waals surface area contributed by atoms with Crippen molar-refractivity contribution in [2.24, 2.45) is 5.41 Å². The summed E-state index contributed by atoms with van der Waals surface area (Å²) >= 11 is 0. The van der Waals surface area contributed by atoms with Crippen molar-refractivity contribution in [2.75, 3.05) is 13.2 Å². The lowest BCUT2D eigenvalue weighted by Crippen LogP contribution is -2.46. The van der Waals surface area contributed by atoms with E-state index in [1.807, 2.05) is 37.3 Å². The summed E-state index contributed by atoms with van der Waals surface area (Å²) < 4.78 is 17.3. The first-order valence-electron chi connectivity index (χ1n) is 7.24. The maximum atomic E-state index is 5.88. The molecule has 0 atom stereocenters. The maximum Gasteiger partial charge on any atom is 0.199 e. The zero-order chi connectivity index (χ0) is 14.9. The Balaban J connectivity index is 1.70. The Labute approximate surface area is 125 Å². The number of benzene rings is 1. The monoisotopic (exact) mass is 287 g/mol. The molecule has 2 aromatic rings. The van der Waals surface area contributed by atoms with Crippen molar-refractivity contribution < 1.29 is 13.9 Å². The zero-order valence-corrected chi connectivity index (χ0v) is 12.8. The Morgan fingerprint density at radius 1 is 1.05 bits per heavy atom. The van der Waals surface area contributed by atoms with Crippen molar-refractivity contribution in [3.05, 3.63) is 42.5 Å². The predicted molar refractivity (Wildman–Crippen MR) is 79.7 cm³/mol. The van der Waals surface area contributed by atoms with Gasteiger partial charge in [-0.05, 0) is 6.92 Å². The van der Waals surface area contributed by atoms with Gasteiger partial charge in [0, 0.05) is 11.0 Å². The van der Waals surface area contributed by atoms with Crippen LogP contribution in [0.2, 0.25) is 0 Å². The smallest absolute Gasteiger partial charge is 0.199 e. The molecule has 0 aliphatic carbocycles. The minimum absolute atomic E-state index is 0.0608. The van der Waals surface area contributed by atoms with Crippen molar-refractivity contribution in [1.82, 2.24) is 4.98 Å². The largest absolute Gasteiger partial charge is 0.448 e. The second-order valence-corrected chi connectivity index (χ2v) is 6.54. The van der Waals surface area contributed by atoms with E-state index < -0.39 is 5.79 Å². The molecule has 1 aliphatic rings. The summed E-state index contributed by atoms with van der Waals surface area (Å²) in [6.07, 6.45) is 2.19. The maximum absolute atomic E-state index is 5.88. The van der Waals surface area contributed by atoms with E-state index in [9.17, 15) is 0 Å². The minimum Gasteiger partial charge on any atom is -0.448 e. The quantitative estimate of drug-likeness (QED) is 0.864. The second-order valence-electron chi connectivity index (χ2n) is 6.54. The van der Waals surface area contributed by atoms with Gasteiger partial charge in [0.2, 0.25) is 0 Å². The second kappa shape index (κ2) is 5.28. The third-order valence-corrected chi connectivity index (χ3v) is 3.63. The molecule has 0 saturated carbocycles. The highest BCUT2D eigenvalue weighted by Crippen LogP contribution is 2.31. The predicted octanol–water partition coefficient (Wildman–Crippen LogP) is 3.67. The fourth-order valence-electron chi connectivity index (χ4n) is 2.29. The highest BCUT2D eigenvalue weighted by molar-refractivity contribution is 5.57. The van der Waals surface area contributed by atoms with E-state index in [1.165, 1.54) is 0 Å². The van der Waals surface area contributed by atoms with Crippen molar-refractivity contribution in [2.45, 2.75) is 33.0 Å². The number of aromatic nitrogens is 1. The van der Waals surface area contributed by atoms with Gasteiger partial charge < -0.3 is 13.9 Å². The molecule has 1 saturated heterocycles. The van der Waals surface area contributed by atoms with Crippen LogP contribution in [0.3, 0.4) is 0 Å². The minimum atomic E-state index is -0.658. The molecule has 1 aromatic carbocycles. The van der Waals surface area contributed by atoms with Gasteiger partial charge in [-0.1, -0.05) is 44.2 Å². The Kier molecular flexibility index (Phi) is 3.59. The summed E-state index contributed by atoms with van der Waals surface area (Å²) in [5, 5.41) is 0. The lowest BCUT2D eigenvalue weighted by atomic mass is 9.94. The molecule has 21 heavy (non-hydrogen) atoms. The van der Waals surface area contributed by atoms with Gasteiger partial charge in [-0.15, -0.1) is 0 Å². The number of rotatable bonds is 3. The number of hydrogen-bond donors (Lipinski definition) is 0. The van der Waals surface area contributed by atoms with Crippen LogP contribution in [0.15, 0.2) is 41.0 Å². The summed E-state index contributed by atoms with van der Waals surface area (Å²) in [6, 6.07) is 9.98. The van der Waals surface area contributed by atoms with Crippen molar-refractivity contribution >= 4 is 0 Å². The SMILES string of the molecule is CC1(C)COC(C)(Cc2nc(-c3ccccc3)co2)OC1. The van der Waals surface area contributed by atoms with Crippen LogP contribution in [0, 0.1) is 5.41 Å². The third-order valence-electron chi connectivity index (χ3n) is 3.63. The molecule has 1 fully saturated rings. The highest BCUT2D eigenvalue weighted by atomic mass is 16.7. The van der Waals surface area contributed by atoms with E-state index in [2.05, 4.69) is 18.8 Å². The molecule has 0 spiro atoms. The summed E-state index contributed by atoms with van der Waals surface area (Å²) in [7, 11) is 0. The Morgan fingerprint density at radius 2 is 1.71 bits per heavy atom. The van der Waals surface area contributed by atoms with Gasteiger partial charge in [-0.2, -0.15) is 0 Å². The normalized spacial score (nSPS) is 20.3. The van der Waals surface area contributed by atoms with Crippen molar-refractivity contribution in [1.29, 1.82) is 0 Å². The van der Waals surface area contributed by atoms with E-state index in [4.69, 9.17) is 13.9 Å². The van der Waals surface area contributed by atoms with Crippen LogP contribution in [0.4, 0.5) is 0 Å². The van der Waals surface area contributed by atoms with Crippen LogP contribution in [-0.4, -0.2) is 24.0 Å². The van der Waals surface area contributed by atoms with Crippen LogP contribution in [0.1, 0.15) is 26.7 Å². The first-order valence-corrected chi connectivity index (χ1v) is 7.24. The van der Waals surface area contributed by atoms with E-state index in [0.717, 1.165) is 11.3 Å². The van der Waals surface area contributed by atoms with Crippen molar-refractivity contribution in [3.8, 4) is 11.3 Å². The van der Waals surface area contributed by atoms with Gasteiger partial charge in [-0.3, -0.25) is 0 Å². The zero-order valence-electron chi connectivity index (χ0n) is 12.8. The molecular formula is C17H21NO3. The standard InChI is InChI=1S/C17H21NO3/c1-16(2)11-20-17(3,21-12-16)9-15-18-14(10-19-15)13-7-5-4-6-8-13/h4-8,10H,9,11-12H2,1-3H3. The van der Waals surface area contributed by atoms with Gasteiger partial charge in [0.15, 0.2) is 11.7 Å². The fraction of sp³-hybridized carbons (Fsp3) is 0.471. The molecule has 0 amide bonds. The summed E-state index contributed by atoms with van der Waals surface area (Å²) in [5.41, 5.74) is 1.94. The Hall–Kier alpha value is -1.65. The summed E-state index contributed by atoms with van der Waals surface area (Å²) in [6.45, 7) is 7.55. The van der Waals surface area contributed by atoms with E-state index in [0.29, 0.717) is 25.5 Å². The fourth-order valence-corrected chi connectivity index (χ4v) is 2.29. The average Bonchev–Trinajstić information content (AvgIpc) is 2.92. The molecule has 3 rings (SSSR count). The van der Waals surface area contributed by atoms with Crippen LogP contribution in [-0.2, 0) is 15.9 Å². The molecule has 4 nitrogen and oxygen atoms in total. The van der Waals surface area contributed by atoms with Gasteiger partial charge in [0.05, 0.1) is 19.6 Å². The van der Waals surface area contributed by atoms with Crippen LogP contribution >= 0.6 is 0 Å². The molecule has 0 unspecified atom stereocenters.